The summed E-state index contributed by atoms with van der Waals surface area (Å²) < 4.78 is 11.7. The lowest BCUT2D eigenvalue weighted by molar-refractivity contribution is 0.483. The molecule has 4 nitrogen and oxygen atoms in total. The number of ether oxygens (including phenoxy) is 1. The molecule has 0 saturated carbocycles. The lowest BCUT2D eigenvalue weighted by Crippen LogP contribution is -2.75. The number of hydrogen-bond acceptors (Lipinski definition) is 2. The molecule has 7 aromatic carbocycles. The van der Waals surface area contributed by atoms with Gasteiger partial charge in [-0.15, -0.1) is 0 Å². The van der Waals surface area contributed by atoms with Crippen molar-refractivity contribution >= 4 is 56.7 Å². The fraction of sp³-hybridized carbons (Fsp3) is 0.0444. The smallest absolute Gasteiger partial charge is 0.220 e. The zero-order valence-corrected chi connectivity index (χ0v) is 28.4. The van der Waals surface area contributed by atoms with Gasteiger partial charge in [-0.3, -0.25) is 8.97 Å². The van der Waals surface area contributed by atoms with E-state index in [1.807, 2.05) is 0 Å². The van der Waals surface area contributed by atoms with Crippen molar-refractivity contribution in [2.75, 3.05) is 0 Å². The molecule has 5 heteroatoms. The van der Waals surface area contributed by atoms with E-state index in [2.05, 4.69) is 185 Å². The van der Waals surface area contributed by atoms with Crippen LogP contribution in [0, 0.1) is 0 Å². The van der Waals surface area contributed by atoms with Crippen molar-refractivity contribution in [1.29, 1.82) is 0 Å². The van der Waals surface area contributed by atoms with Gasteiger partial charge < -0.3 is 4.74 Å². The monoisotopic (exact) mass is 659 g/mol. The Bertz CT molecular complexity index is 2650. The first-order valence-electron chi connectivity index (χ1n) is 17.3. The van der Waals surface area contributed by atoms with Crippen LogP contribution in [0.3, 0.4) is 0 Å². The molecule has 2 aromatic heterocycles. The van der Waals surface area contributed by atoms with E-state index in [9.17, 15) is 0 Å². The maximum absolute atomic E-state index is 7.07. The van der Waals surface area contributed by atoms with Gasteiger partial charge >= 0.3 is 0 Å². The van der Waals surface area contributed by atoms with Gasteiger partial charge in [0.2, 0.25) is 5.78 Å². The Morgan fingerprint density at radius 2 is 1.10 bits per heavy atom. The molecule has 50 heavy (non-hydrogen) atoms. The van der Waals surface area contributed by atoms with E-state index in [-0.39, 0.29) is 0 Å². The van der Waals surface area contributed by atoms with Crippen LogP contribution in [0.25, 0.3) is 33.5 Å². The summed E-state index contributed by atoms with van der Waals surface area (Å²) in [6, 6.07) is 63.8. The molecule has 0 radical (unpaired) electrons. The molecule has 0 spiro atoms. The van der Waals surface area contributed by atoms with Crippen LogP contribution in [0.2, 0.25) is 0 Å². The normalized spacial score (nSPS) is 12.8. The predicted molar refractivity (Wildman–Crippen MR) is 207 cm³/mol. The minimum Gasteiger partial charge on any atom is -0.457 e. The van der Waals surface area contributed by atoms with Crippen molar-refractivity contribution in [1.82, 2.24) is 14.0 Å². The molecule has 0 unspecified atom stereocenters. The minimum atomic E-state index is -3.00. The molecule has 0 saturated heterocycles. The maximum atomic E-state index is 7.07. The number of para-hydroxylation sites is 6. The fourth-order valence-corrected chi connectivity index (χ4v) is 13.1. The average Bonchev–Trinajstić information content (AvgIpc) is 3.63. The molecule has 9 aromatic rings. The average molecular weight is 660 g/mol. The summed E-state index contributed by atoms with van der Waals surface area (Å²) in [5, 5.41) is 5.17. The highest BCUT2D eigenvalue weighted by atomic mass is 28.3. The molecule has 3 heterocycles. The summed E-state index contributed by atoms with van der Waals surface area (Å²) >= 11 is 0. The van der Waals surface area contributed by atoms with Crippen LogP contribution in [-0.2, 0) is 12.8 Å². The second-order valence-electron chi connectivity index (χ2n) is 13.1. The molecule has 0 aliphatic carbocycles. The van der Waals surface area contributed by atoms with Gasteiger partial charge in [0.1, 0.15) is 11.5 Å². The summed E-state index contributed by atoms with van der Waals surface area (Å²) in [6.45, 7) is 0. The van der Waals surface area contributed by atoms with Crippen LogP contribution in [-0.4, -0.2) is 22.0 Å². The quantitative estimate of drug-likeness (QED) is 0.140. The molecule has 238 valence electrons. The molecule has 10 rings (SSSR count). The molecule has 0 bridgehead atoms. The van der Waals surface area contributed by atoms with Crippen LogP contribution in [0.15, 0.2) is 176 Å². The fourth-order valence-electron chi connectivity index (χ4n) is 8.21. The van der Waals surface area contributed by atoms with Crippen LogP contribution in [0.1, 0.15) is 11.1 Å². The Hall–Kier alpha value is -6.17. The molecular weight excluding hydrogens is 627 g/mol. The topological polar surface area (TPSA) is 31.5 Å². The SMILES string of the molecule is c1ccc([Si](c2ccccc2)(c2cccc(-n3c4ccccc4n4c5ccccc5nc34)c2)c2cccc3c2Oc2ccccc2CC3)cc1. The number of imidazole rings is 2. The Morgan fingerprint density at radius 3 is 1.90 bits per heavy atom. The number of aromatic nitrogens is 3. The zero-order valence-electron chi connectivity index (χ0n) is 27.4. The highest BCUT2D eigenvalue weighted by Gasteiger charge is 2.44. The van der Waals surface area contributed by atoms with Crippen molar-refractivity contribution in [2.45, 2.75) is 12.8 Å². The Morgan fingerprint density at radius 1 is 0.500 bits per heavy atom. The van der Waals surface area contributed by atoms with Crippen molar-refractivity contribution in [3.05, 3.63) is 187 Å². The first-order valence-corrected chi connectivity index (χ1v) is 19.3. The van der Waals surface area contributed by atoms with Gasteiger partial charge in [0.25, 0.3) is 0 Å². The standard InChI is InChI=1S/C45H33N3OSi/c1-3-18-35(19-4-1)50(36-20-5-2-6-21-36,43-28-13-16-33-30-29-32-15-7-12-27-42(32)49-44(33)43)37-22-14-17-34(31-37)47-40-25-10-11-26-41(40)48-39-24-9-8-23-38(39)46-45(47)48/h1-28,31H,29-30H2. The third-order valence-corrected chi connectivity index (χ3v) is 15.2. The van der Waals surface area contributed by atoms with Gasteiger partial charge in [0.05, 0.1) is 22.1 Å². The number of aryl methyl sites for hydroxylation is 2. The summed E-state index contributed by atoms with van der Waals surface area (Å²) in [5.74, 6) is 2.85. The summed E-state index contributed by atoms with van der Waals surface area (Å²) in [4.78, 5) is 5.20. The van der Waals surface area contributed by atoms with Crippen LogP contribution in [0.5, 0.6) is 11.5 Å². The number of hydrogen-bond donors (Lipinski definition) is 0. The Labute approximate surface area is 291 Å². The van der Waals surface area contributed by atoms with Crippen molar-refractivity contribution < 1.29 is 4.74 Å². The highest BCUT2D eigenvalue weighted by Crippen LogP contribution is 2.34. The molecule has 0 N–H and O–H groups in total. The van der Waals surface area contributed by atoms with Gasteiger partial charge in [-0.1, -0.05) is 133 Å². The van der Waals surface area contributed by atoms with E-state index in [1.54, 1.807) is 0 Å². The van der Waals surface area contributed by atoms with Crippen LogP contribution < -0.4 is 25.5 Å². The Balaban J connectivity index is 1.30. The number of nitrogens with zero attached hydrogens (tertiary/aromatic N) is 3. The lowest BCUT2D eigenvalue weighted by Gasteiger charge is -2.36. The predicted octanol–water partition coefficient (Wildman–Crippen LogP) is 7.70. The van der Waals surface area contributed by atoms with E-state index in [0.717, 1.165) is 57.9 Å². The largest absolute Gasteiger partial charge is 0.457 e. The summed E-state index contributed by atoms with van der Waals surface area (Å²) in [6.07, 6.45) is 1.87. The Kier molecular flexibility index (Phi) is 6.61. The van der Waals surface area contributed by atoms with E-state index in [4.69, 9.17) is 9.72 Å². The van der Waals surface area contributed by atoms with E-state index in [0.29, 0.717) is 0 Å². The molecule has 1 aliphatic heterocycles. The van der Waals surface area contributed by atoms with Gasteiger partial charge in [-0.05, 0) is 87.2 Å². The third-order valence-electron chi connectivity index (χ3n) is 10.4. The van der Waals surface area contributed by atoms with Gasteiger partial charge in [0, 0.05) is 5.69 Å². The summed E-state index contributed by atoms with van der Waals surface area (Å²) in [5.41, 5.74) is 7.94. The van der Waals surface area contributed by atoms with Crippen LogP contribution in [0.4, 0.5) is 0 Å². The van der Waals surface area contributed by atoms with Gasteiger partial charge in [-0.25, -0.2) is 4.98 Å². The number of fused-ring (bicyclic) bond motifs is 7. The molecule has 0 atom stereocenters. The van der Waals surface area contributed by atoms with Crippen molar-refractivity contribution in [3.8, 4) is 17.2 Å². The van der Waals surface area contributed by atoms with Crippen molar-refractivity contribution in [2.24, 2.45) is 0 Å². The maximum Gasteiger partial charge on any atom is 0.220 e. The van der Waals surface area contributed by atoms with Crippen molar-refractivity contribution in [3.63, 3.8) is 0 Å². The third kappa shape index (κ3) is 4.27. The minimum absolute atomic E-state index is 0.907. The van der Waals surface area contributed by atoms with E-state index >= 15 is 0 Å². The highest BCUT2D eigenvalue weighted by molar-refractivity contribution is 7.20. The number of rotatable bonds is 5. The molecular formula is C45H33N3OSi. The van der Waals surface area contributed by atoms with E-state index in [1.165, 1.54) is 31.9 Å². The second-order valence-corrected chi connectivity index (χ2v) is 16.9. The van der Waals surface area contributed by atoms with Crippen LogP contribution >= 0.6 is 0 Å². The zero-order chi connectivity index (χ0) is 33.1. The molecule has 0 fully saturated rings. The molecule has 1 aliphatic rings. The number of benzene rings is 7. The first kappa shape index (κ1) is 28.8. The lowest BCUT2D eigenvalue weighted by atomic mass is 10.0. The van der Waals surface area contributed by atoms with Gasteiger partial charge in [0.15, 0.2) is 8.07 Å². The second kappa shape index (κ2) is 11.5. The van der Waals surface area contributed by atoms with E-state index < -0.39 is 8.07 Å². The first-order chi connectivity index (χ1) is 24.8. The van der Waals surface area contributed by atoms with Gasteiger partial charge in [-0.2, -0.15) is 0 Å². The summed E-state index contributed by atoms with van der Waals surface area (Å²) in [7, 11) is -3.00. The molecule has 0 amide bonds.